The Labute approximate surface area is 217 Å². The number of ether oxygens (including phenoxy) is 1. The predicted molar refractivity (Wildman–Crippen MR) is 149 cm³/mol. The Kier molecular flexibility index (Phi) is 11.9. The minimum atomic E-state index is -0.449. The lowest BCUT2D eigenvalue weighted by Gasteiger charge is -2.19. The number of fused-ring (bicyclic) bond motifs is 2. The summed E-state index contributed by atoms with van der Waals surface area (Å²) < 4.78 is 5.19. The molecule has 2 aromatic rings. The highest BCUT2D eigenvalue weighted by molar-refractivity contribution is 5.67. The van der Waals surface area contributed by atoms with Gasteiger partial charge in [0.25, 0.3) is 0 Å². The van der Waals surface area contributed by atoms with E-state index in [1.54, 1.807) is 0 Å². The number of amides is 1. The fraction of sp³-hybridized carbons (Fsp3) is 0.607. The van der Waals surface area contributed by atoms with Gasteiger partial charge in [-0.3, -0.25) is 0 Å². The Hall–Kier alpha value is -2.87. The quantitative estimate of drug-likeness (QED) is 0.403. The van der Waals surface area contributed by atoms with E-state index in [0.29, 0.717) is 6.54 Å². The Morgan fingerprint density at radius 1 is 0.944 bits per heavy atom. The SMILES string of the molecule is C.CC(C)(C)OC(=O)NCCCc1ccc2c(n1)NCCC2.NCCCc1ccc2c(n1)NCCC2. The summed E-state index contributed by atoms with van der Waals surface area (Å²) in [6.07, 6.45) is 8.02. The third-order valence-electron chi connectivity index (χ3n) is 5.82. The van der Waals surface area contributed by atoms with Crippen molar-refractivity contribution >= 4 is 17.7 Å². The van der Waals surface area contributed by atoms with Crippen LogP contribution in [0.5, 0.6) is 0 Å². The summed E-state index contributed by atoms with van der Waals surface area (Å²) in [5, 5.41) is 9.44. The number of pyridine rings is 2. The van der Waals surface area contributed by atoms with Crippen LogP contribution in [-0.2, 0) is 30.4 Å². The first-order valence-electron chi connectivity index (χ1n) is 13.0. The molecule has 200 valence electrons. The van der Waals surface area contributed by atoms with Crippen molar-refractivity contribution in [2.75, 3.05) is 36.8 Å². The van der Waals surface area contributed by atoms with Crippen molar-refractivity contribution in [1.29, 1.82) is 0 Å². The van der Waals surface area contributed by atoms with Gasteiger partial charge in [0.05, 0.1) is 0 Å². The minimum absolute atomic E-state index is 0. The first kappa shape index (κ1) is 29.4. The highest BCUT2D eigenvalue weighted by Crippen LogP contribution is 2.21. The minimum Gasteiger partial charge on any atom is -0.444 e. The van der Waals surface area contributed by atoms with Crippen molar-refractivity contribution in [3.8, 4) is 0 Å². The molecule has 0 aliphatic carbocycles. The first-order chi connectivity index (χ1) is 16.8. The van der Waals surface area contributed by atoms with E-state index in [1.807, 2.05) is 20.8 Å². The number of nitrogens with one attached hydrogen (secondary N) is 3. The molecule has 0 atom stereocenters. The number of carbonyl (C=O) groups excluding carboxylic acids is 1. The molecule has 8 heteroatoms. The molecule has 0 saturated heterocycles. The maximum absolute atomic E-state index is 11.5. The van der Waals surface area contributed by atoms with E-state index >= 15 is 0 Å². The number of aryl methyl sites for hydroxylation is 4. The molecule has 0 fully saturated rings. The Morgan fingerprint density at radius 2 is 1.47 bits per heavy atom. The molecule has 0 aromatic carbocycles. The van der Waals surface area contributed by atoms with E-state index in [1.165, 1.54) is 24.0 Å². The molecule has 1 amide bonds. The zero-order valence-corrected chi connectivity index (χ0v) is 21.6. The van der Waals surface area contributed by atoms with Crippen LogP contribution in [-0.4, -0.2) is 47.8 Å². The van der Waals surface area contributed by atoms with E-state index in [-0.39, 0.29) is 13.5 Å². The van der Waals surface area contributed by atoms with Crippen LogP contribution in [0.4, 0.5) is 16.4 Å². The van der Waals surface area contributed by atoms with E-state index < -0.39 is 5.60 Å². The van der Waals surface area contributed by atoms with Crippen LogP contribution in [0.25, 0.3) is 0 Å². The van der Waals surface area contributed by atoms with E-state index in [4.69, 9.17) is 10.5 Å². The van der Waals surface area contributed by atoms with Crippen molar-refractivity contribution in [1.82, 2.24) is 15.3 Å². The number of hydrogen-bond acceptors (Lipinski definition) is 7. The van der Waals surface area contributed by atoms with Gasteiger partial charge in [-0.1, -0.05) is 19.6 Å². The smallest absolute Gasteiger partial charge is 0.407 e. The van der Waals surface area contributed by atoms with E-state index in [2.05, 4.69) is 50.2 Å². The largest absolute Gasteiger partial charge is 0.444 e. The monoisotopic (exact) mass is 498 g/mol. The first-order valence-corrected chi connectivity index (χ1v) is 13.0. The van der Waals surface area contributed by atoms with Gasteiger partial charge in [-0.05, 0) is 102 Å². The standard InChI is InChI=1S/C16H25N3O2.C11H17N3.CH4/c1-16(2,3)21-15(20)18-11-5-7-13-9-8-12-6-4-10-17-14(12)19-13;12-7-1-4-10-6-5-9-3-2-8-13-11(9)14-10;/h8-9H,4-7,10-11H2,1-3H3,(H,17,19)(H,18,20);5-6H,1-4,7-8,12H2,(H,13,14);1H4. The number of alkyl carbamates (subject to hydrolysis) is 1. The third kappa shape index (κ3) is 10.0. The lowest BCUT2D eigenvalue weighted by atomic mass is 10.1. The maximum atomic E-state index is 11.5. The van der Waals surface area contributed by atoms with Crippen LogP contribution >= 0.6 is 0 Å². The maximum Gasteiger partial charge on any atom is 0.407 e. The number of nitrogens with two attached hydrogens (primary N) is 1. The van der Waals surface area contributed by atoms with Crippen LogP contribution in [0.2, 0.25) is 0 Å². The molecule has 4 rings (SSSR count). The lowest BCUT2D eigenvalue weighted by Crippen LogP contribution is -2.33. The molecule has 36 heavy (non-hydrogen) atoms. The van der Waals surface area contributed by atoms with Crippen molar-refractivity contribution < 1.29 is 9.53 Å². The van der Waals surface area contributed by atoms with Crippen molar-refractivity contribution in [2.45, 2.75) is 85.2 Å². The number of aromatic nitrogens is 2. The zero-order chi connectivity index (χ0) is 25.1. The molecule has 0 bridgehead atoms. The molecule has 8 nitrogen and oxygen atoms in total. The molecule has 2 aromatic heterocycles. The summed E-state index contributed by atoms with van der Waals surface area (Å²) in [6.45, 7) is 8.97. The molecular weight excluding hydrogens is 452 g/mol. The van der Waals surface area contributed by atoms with Crippen LogP contribution in [0, 0.1) is 0 Å². The van der Waals surface area contributed by atoms with E-state index in [0.717, 1.165) is 81.2 Å². The van der Waals surface area contributed by atoms with Crippen molar-refractivity contribution in [2.24, 2.45) is 5.73 Å². The Morgan fingerprint density at radius 3 is 1.97 bits per heavy atom. The highest BCUT2D eigenvalue weighted by atomic mass is 16.6. The Bertz CT molecular complexity index is 958. The normalized spacial score (nSPS) is 13.9. The summed E-state index contributed by atoms with van der Waals surface area (Å²) in [5.74, 6) is 2.12. The second-order valence-corrected chi connectivity index (χ2v) is 10.1. The number of carbonyl (C=O) groups is 1. The van der Waals surface area contributed by atoms with Gasteiger partial charge in [0.1, 0.15) is 17.2 Å². The molecule has 0 unspecified atom stereocenters. The number of hydrogen-bond donors (Lipinski definition) is 4. The molecule has 0 spiro atoms. The van der Waals surface area contributed by atoms with Gasteiger partial charge < -0.3 is 26.4 Å². The fourth-order valence-corrected chi connectivity index (χ4v) is 4.07. The van der Waals surface area contributed by atoms with Crippen LogP contribution in [0.1, 0.15) is 76.4 Å². The predicted octanol–water partition coefficient (Wildman–Crippen LogP) is 4.86. The molecule has 2 aliphatic rings. The van der Waals surface area contributed by atoms with Crippen LogP contribution in [0.15, 0.2) is 24.3 Å². The van der Waals surface area contributed by atoms with Gasteiger partial charge in [0, 0.05) is 31.0 Å². The molecule has 2 aliphatic heterocycles. The van der Waals surface area contributed by atoms with Crippen molar-refractivity contribution in [3.63, 3.8) is 0 Å². The number of rotatable bonds is 7. The van der Waals surface area contributed by atoms with Gasteiger partial charge in [0.15, 0.2) is 0 Å². The molecule has 4 heterocycles. The van der Waals surface area contributed by atoms with Gasteiger partial charge in [0.2, 0.25) is 0 Å². The number of nitrogens with zero attached hydrogens (tertiary/aromatic N) is 2. The van der Waals surface area contributed by atoms with Gasteiger partial charge >= 0.3 is 6.09 Å². The van der Waals surface area contributed by atoms with Gasteiger partial charge in [-0.25, -0.2) is 14.8 Å². The second kappa shape index (κ2) is 14.6. The van der Waals surface area contributed by atoms with Gasteiger partial charge in [-0.15, -0.1) is 0 Å². The lowest BCUT2D eigenvalue weighted by molar-refractivity contribution is 0.0527. The third-order valence-corrected chi connectivity index (χ3v) is 5.82. The number of anilines is 2. The summed E-state index contributed by atoms with van der Waals surface area (Å²) in [6, 6.07) is 8.56. The van der Waals surface area contributed by atoms with Crippen molar-refractivity contribution in [3.05, 3.63) is 46.8 Å². The summed E-state index contributed by atoms with van der Waals surface area (Å²) in [4.78, 5) is 20.7. The summed E-state index contributed by atoms with van der Waals surface area (Å²) in [5.41, 5.74) is 9.90. The molecular formula is C28H46N6O2. The molecule has 5 N–H and O–H groups in total. The molecule has 0 radical (unpaired) electrons. The Balaban J connectivity index is 0.000000265. The van der Waals surface area contributed by atoms with E-state index in [9.17, 15) is 4.79 Å². The topological polar surface area (TPSA) is 114 Å². The average Bonchev–Trinajstić information content (AvgIpc) is 2.84. The summed E-state index contributed by atoms with van der Waals surface area (Å²) in [7, 11) is 0. The molecule has 0 saturated carbocycles. The highest BCUT2D eigenvalue weighted by Gasteiger charge is 2.15. The second-order valence-electron chi connectivity index (χ2n) is 10.1. The summed E-state index contributed by atoms with van der Waals surface area (Å²) >= 11 is 0. The van der Waals surface area contributed by atoms with Crippen LogP contribution in [0.3, 0.4) is 0 Å². The fourth-order valence-electron chi connectivity index (χ4n) is 4.07. The van der Waals surface area contributed by atoms with Gasteiger partial charge in [-0.2, -0.15) is 0 Å². The van der Waals surface area contributed by atoms with Crippen LogP contribution < -0.4 is 21.7 Å². The average molecular weight is 499 g/mol. The zero-order valence-electron chi connectivity index (χ0n) is 21.6.